The van der Waals surface area contributed by atoms with E-state index in [4.69, 9.17) is 0 Å². The van der Waals surface area contributed by atoms with E-state index in [2.05, 4.69) is 28.4 Å². The maximum absolute atomic E-state index is 4.26. The van der Waals surface area contributed by atoms with E-state index < -0.39 is 0 Å². The van der Waals surface area contributed by atoms with Crippen LogP contribution in [-0.4, -0.2) is 21.8 Å². The molecule has 84 valence electrons. The highest BCUT2D eigenvalue weighted by Gasteiger charge is 2.04. The summed E-state index contributed by atoms with van der Waals surface area (Å²) in [4.78, 5) is 4.25. The van der Waals surface area contributed by atoms with Crippen LogP contribution < -0.4 is 5.32 Å². The van der Waals surface area contributed by atoms with Crippen molar-refractivity contribution in [3.05, 3.63) is 36.3 Å². The minimum absolute atomic E-state index is 0.834. The van der Waals surface area contributed by atoms with Crippen molar-refractivity contribution < 1.29 is 0 Å². The summed E-state index contributed by atoms with van der Waals surface area (Å²) in [5, 5.41) is 7.38. The number of rotatable bonds is 4. The van der Waals surface area contributed by atoms with Gasteiger partial charge < -0.3 is 5.32 Å². The van der Waals surface area contributed by atoms with Crippen LogP contribution in [-0.2, 0) is 13.1 Å². The maximum atomic E-state index is 4.26. The molecule has 1 N–H and O–H groups in total. The Labute approximate surface area is 95.3 Å². The van der Waals surface area contributed by atoms with Crippen molar-refractivity contribution in [1.29, 1.82) is 0 Å². The summed E-state index contributed by atoms with van der Waals surface area (Å²) in [7, 11) is 1.93. The fourth-order valence-electron chi connectivity index (χ4n) is 1.76. The third kappa shape index (κ3) is 2.12. The molecule has 2 heterocycles. The Kier molecular flexibility index (Phi) is 3.31. The molecule has 2 rings (SSSR count). The highest BCUT2D eigenvalue weighted by atomic mass is 15.3. The smallest absolute Gasteiger partial charge is 0.0697 e. The van der Waals surface area contributed by atoms with Gasteiger partial charge in [0.05, 0.1) is 5.69 Å². The van der Waals surface area contributed by atoms with Crippen molar-refractivity contribution in [2.24, 2.45) is 0 Å². The molecule has 16 heavy (non-hydrogen) atoms. The SMILES string of the molecule is CCn1nccc1-c1cncc(CNC)c1. The van der Waals surface area contributed by atoms with Gasteiger partial charge in [0.15, 0.2) is 0 Å². The van der Waals surface area contributed by atoms with E-state index in [-0.39, 0.29) is 0 Å². The van der Waals surface area contributed by atoms with E-state index in [1.807, 2.05) is 36.4 Å². The third-order valence-electron chi connectivity index (χ3n) is 2.49. The highest BCUT2D eigenvalue weighted by Crippen LogP contribution is 2.18. The van der Waals surface area contributed by atoms with Crippen LogP contribution in [0.25, 0.3) is 11.3 Å². The van der Waals surface area contributed by atoms with Crippen molar-refractivity contribution >= 4 is 0 Å². The average Bonchev–Trinajstić information content (AvgIpc) is 2.78. The van der Waals surface area contributed by atoms with Gasteiger partial charge in [-0.3, -0.25) is 9.67 Å². The molecule has 0 saturated carbocycles. The van der Waals surface area contributed by atoms with Gasteiger partial charge in [-0.25, -0.2) is 0 Å². The summed E-state index contributed by atoms with van der Waals surface area (Å²) in [6, 6.07) is 4.16. The topological polar surface area (TPSA) is 42.7 Å². The van der Waals surface area contributed by atoms with Crippen molar-refractivity contribution in [3.63, 3.8) is 0 Å². The largest absolute Gasteiger partial charge is 0.316 e. The fraction of sp³-hybridized carbons (Fsp3) is 0.333. The lowest BCUT2D eigenvalue weighted by Gasteiger charge is -2.06. The number of pyridine rings is 1. The molecule has 0 radical (unpaired) electrons. The molecule has 0 saturated heterocycles. The monoisotopic (exact) mass is 216 g/mol. The molecule has 0 aliphatic carbocycles. The van der Waals surface area contributed by atoms with Crippen LogP contribution in [0.4, 0.5) is 0 Å². The van der Waals surface area contributed by atoms with Gasteiger partial charge in [0.2, 0.25) is 0 Å². The summed E-state index contributed by atoms with van der Waals surface area (Å²) in [5.41, 5.74) is 3.42. The molecule has 0 bridgehead atoms. The number of aryl methyl sites for hydroxylation is 1. The van der Waals surface area contributed by atoms with Gasteiger partial charge in [0, 0.05) is 37.2 Å². The first-order valence-electron chi connectivity index (χ1n) is 5.46. The second kappa shape index (κ2) is 4.90. The second-order valence-electron chi connectivity index (χ2n) is 3.64. The lowest BCUT2D eigenvalue weighted by atomic mass is 10.1. The van der Waals surface area contributed by atoms with Gasteiger partial charge in [-0.15, -0.1) is 0 Å². The fourth-order valence-corrected chi connectivity index (χ4v) is 1.76. The molecule has 0 unspecified atom stereocenters. The molecular weight excluding hydrogens is 200 g/mol. The zero-order chi connectivity index (χ0) is 11.4. The lowest BCUT2D eigenvalue weighted by molar-refractivity contribution is 0.667. The van der Waals surface area contributed by atoms with Crippen LogP contribution in [0.5, 0.6) is 0 Å². The number of nitrogens with one attached hydrogen (secondary N) is 1. The number of hydrogen-bond acceptors (Lipinski definition) is 3. The molecular formula is C12H16N4. The van der Waals surface area contributed by atoms with E-state index in [0.29, 0.717) is 0 Å². The minimum Gasteiger partial charge on any atom is -0.316 e. The van der Waals surface area contributed by atoms with Crippen molar-refractivity contribution in [2.45, 2.75) is 20.0 Å². The summed E-state index contributed by atoms with van der Waals surface area (Å²) in [6.07, 6.45) is 5.58. The van der Waals surface area contributed by atoms with E-state index in [9.17, 15) is 0 Å². The van der Waals surface area contributed by atoms with E-state index in [0.717, 1.165) is 24.3 Å². The Morgan fingerprint density at radius 2 is 2.25 bits per heavy atom. The lowest BCUT2D eigenvalue weighted by Crippen LogP contribution is -2.06. The average molecular weight is 216 g/mol. The number of aromatic nitrogens is 3. The molecule has 0 spiro atoms. The predicted molar refractivity (Wildman–Crippen MR) is 63.9 cm³/mol. The van der Waals surface area contributed by atoms with Crippen LogP contribution in [0.3, 0.4) is 0 Å². The van der Waals surface area contributed by atoms with Crippen molar-refractivity contribution in [3.8, 4) is 11.3 Å². The summed E-state index contributed by atoms with van der Waals surface area (Å²) in [5.74, 6) is 0. The van der Waals surface area contributed by atoms with E-state index >= 15 is 0 Å². The zero-order valence-electron chi connectivity index (χ0n) is 9.64. The normalized spacial score (nSPS) is 10.6. The molecule has 0 aromatic carbocycles. The van der Waals surface area contributed by atoms with Crippen molar-refractivity contribution in [2.75, 3.05) is 7.05 Å². The molecule has 0 aliphatic heterocycles. The number of hydrogen-bond donors (Lipinski definition) is 1. The Hall–Kier alpha value is -1.68. The summed E-state index contributed by atoms with van der Waals surface area (Å²) in [6.45, 7) is 3.79. The second-order valence-corrected chi connectivity index (χ2v) is 3.64. The molecule has 0 amide bonds. The Morgan fingerprint density at radius 3 is 3.00 bits per heavy atom. The Bertz CT molecular complexity index is 462. The van der Waals surface area contributed by atoms with Gasteiger partial charge in [-0.1, -0.05) is 0 Å². The summed E-state index contributed by atoms with van der Waals surface area (Å²) < 4.78 is 1.97. The molecule has 0 aliphatic rings. The van der Waals surface area contributed by atoms with Crippen LogP contribution in [0.1, 0.15) is 12.5 Å². The van der Waals surface area contributed by atoms with Gasteiger partial charge >= 0.3 is 0 Å². The van der Waals surface area contributed by atoms with Gasteiger partial charge in [0.25, 0.3) is 0 Å². The van der Waals surface area contributed by atoms with Gasteiger partial charge in [-0.05, 0) is 31.7 Å². The predicted octanol–water partition coefficient (Wildman–Crippen LogP) is 1.68. The molecule has 4 heteroatoms. The minimum atomic E-state index is 0.834. The standard InChI is InChI=1S/C12H16N4/c1-3-16-12(4-5-15-16)11-6-10(7-13-2)8-14-9-11/h4-6,8-9,13H,3,7H2,1-2H3. The highest BCUT2D eigenvalue weighted by molar-refractivity contribution is 5.58. The quantitative estimate of drug-likeness (QED) is 0.845. The Balaban J connectivity index is 2.36. The molecule has 2 aromatic rings. The van der Waals surface area contributed by atoms with Crippen LogP contribution in [0.15, 0.2) is 30.7 Å². The molecule has 0 atom stereocenters. The van der Waals surface area contributed by atoms with Crippen LogP contribution >= 0.6 is 0 Å². The van der Waals surface area contributed by atoms with Gasteiger partial charge in [-0.2, -0.15) is 5.10 Å². The van der Waals surface area contributed by atoms with E-state index in [1.54, 1.807) is 0 Å². The molecule has 4 nitrogen and oxygen atoms in total. The van der Waals surface area contributed by atoms with Crippen molar-refractivity contribution in [1.82, 2.24) is 20.1 Å². The van der Waals surface area contributed by atoms with Crippen LogP contribution in [0, 0.1) is 0 Å². The van der Waals surface area contributed by atoms with E-state index in [1.165, 1.54) is 5.56 Å². The first-order chi connectivity index (χ1) is 7.85. The third-order valence-corrected chi connectivity index (χ3v) is 2.49. The maximum Gasteiger partial charge on any atom is 0.0697 e. The summed E-state index contributed by atoms with van der Waals surface area (Å²) >= 11 is 0. The zero-order valence-corrected chi connectivity index (χ0v) is 9.64. The van der Waals surface area contributed by atoms with Gasteiger partial charge in [0.1, 0.15) is 0 Å². The van der Waals surface area contributed by atoms with Crippen LogP contribution in [0.2, 0.25) is 0 Å². The number of nitrogens with zero attached hydrogens (tertiary/aromatic N) is 3. The first kappa shape index (κ1) is 10.8. The molecule has 2 aromatic heterocycles. The molecule has 0 fully saturated rings. The first-order valence-corrected chi connectivity index (χ1v) is 5.46. The Morgan fingerprint density at radius 1 is 1.38 bits per heavy atom.